The summed E-state index contributed by atoms with van der Waals surface area (Å²) in [6.07, 6.45) is 1.87. The Morgan fingerprint density at radius 3 is 2.50 bits per heavy atom. The molecule has 72 valence electrons. The molecular formula is C8H17NO2S. The predicted octanol–water partition coefficient (Wildman–Crippen LogP) is 0.972. The molecule has 0 heterocycles. The van der Waals surface area contributed by atoms with Crippen molar-refractivity contribution in [2.24, 2.45) is 11.8 Å². The van der Waals surface area contributed by atoms with Crippen molar-refractivity contribution in [2.75, 3.05) is 12.3 Å². The third-order valence-corrected chi connectivity index (χ3v) is 3.87. The molecule has 0 aliphatic heterocycles. The van der Waals surface area contributed by atoms with Gasteiger partial charge in [-0.2, -0.15) is 0 Å². The van der Waals surface area contributed by atoms with Crippen LogP contribution in [0.15, 0.2) is 0 Å². The molecule has 0 amide bonds. The van der Waals surface area contributed by atoms with E-state index >= 15 is 0 Å². The molecule has 4 heteroatoms. The number of nitrogens with one attached hydrogen (secondary N) is 1. The highest BCUT2D eigenvalue weighted by molar-refractivity contribution is 7.89. The lowest BCUT2D eigenvalue weighted by Crippen LogP contribution is -2.28. The van der Waals surface area contributed by atoms with Crippen molar-refractivity contribution in [1.82, 2.24) is 4.72 Å². The molecule has 1 fully saturated rings. The van der Waals surface area contributed by atoms with E-state index in [1.807, 2.05) is 6.92 Å². The number of hydrogen-bond acceptors (Lipinski definition) is 2. The molecule has 0 aromatic carbocycles. The van der Waals surface area contributed by atoms with E-state index in [0.29, 0.717) is 24.8 Å². The first kappa shape index (κ1) is 9.99. The third kappa shape index (κ3) is 3.11. The molecule has 1 rings (SSSR count). The molecule has 1 aliphatic rings. The highest BCUT2D eigenvalue weighted by atomic mass is 32.2. The lowest BCUT2D eigenvalue weighted by atomic mass is 10.3. The smallest absolute Gasteiger partial charge is 0.211 e. The molecule has 2 unspecified atom stereocenters. The topological polar surface area (TPSA) is 46.2 Å². The minimum absolute atomic E-state index is 0.258. The zero-order valence-electron chi connectivity index (χ0n) is 7.71. The van der Waals surface area contributed by atoms with Gasteiger partial charge in [0, 0.05) is 6.54 Å². The molecule has 0 saturated heterocycles. The Bertz CT molecular complexity index is 235. The summed E-state index contributed by atoms with van der Waals surface area (Å²) in [6.45, 7) is 4.67. The van der Waals surface area contributed by atoms with E-state index in [9.17, 15) is 8.42 Å². The van der Waals surface area contributed by atoms with Gasteiger partial charge in [-0.3, -0.25) is 0 Å². The summed E-state index contributed by atoms with van der Waals surface area (Å²) < 4.78 is 24.9. The van der Waals surface area contributed by atoms with Gasteiger partial charge in [0.2, 0.25) is 10.0 Å². The average molecular weight is 191 g/mol. The van der Waals surface area contributed by atoms with Crippen LogP contribution < -0.4 is 4.72 Å². The van der Waals surface area contributed by atoms with Crippen molar-refractivity contribution in [2.45, 2.75) is 26.7 Å². The van der Waals surface area contributed by atoms with Gasteiger partial charge in [-0.15, -0.1) is 0 Å². The zero-order chi connectivity index (χ0) is 9.19. The van der Waals surface area contributed by atoms with E-state index in [2.05, 4.69) is 11.6 Å². The van der Waals surface area contributed by atoms with Crippen LogP contribution >= 0.6 is 0 Å². The molecular weight excluding hydrogens is 174 g/mol. The second kappa shape index (κ2) is 3.75. The van der Waals surface area contributed by atoms with Crippen molar-refractivity contribution in [3.63, 3.8) is 0 Å². The van der Waals surface area contributed by atoms with Crippen molar-refractivity contribution in [1.29, 1.82) is 0 Å². The van der Waals surface area contributed by atoms with Crippen LogP contribution in [0, 0.1) is 11.8 Å². The monoisotopic (exact) mass is 191 g/mol. The number of hydrogen-bond donors (Lipinski definition) is 1. The van der Waals surface area contributed by atoms with Gasteiger partial charge in [0.1, 0.15) is 0 Å². The lowest BCUT2D eigenvalue weighted by molar-refractivity contribution is 0.573. The Labute approximate surface area is 74.6 Å². The van der Waals surface area contributed by atoms with Crippen molar-refractivity contribution in [3.05, 3.63) is 0 Å². The summed E-state index contributed by atoms with van der Waals surface area (Å²) in [5, 5.41) is 0. The van der Waals surface area contributed by atoms with Crippen LogP contribution in [0.5, 0.6) is 0 Å². The van der Waals surface area contributed by atoms with Crippen molar-refractivity contribution in [3.8, 4) is 0 Å². The fourth-order valence-electron chi connectivity index (χ4n) is 1.26. The third-order valence-electron chi connectivity index (χ3n) is 2.31. The second-order valence-electron chi connectivity index (χ2n) is 3.64. The van der Waals surface area contributed by atoms with E-state index in [-0.39, 0.29) is 5.75 Å². The highest BCUT2D eigenvalue weighted by Crippen LogP contribution is 2.36. The maximum absolute atomic E-state index is 11.2. The van der Waals surface area contributed by atoms with Gasteiger partial charge in [-0.1, -0.05) is 13.8 Å². The van der Waals surface area contributed by atoms with E-state index in [1.54, 1.807) is 0 Å². The minimum Gasteiger partial charge on any atom is -0.215 e. The van der Waals surface area contributed by atoms with Crippen LogP contribution in [0.4, 0.5) is 0 Å². The minimum atomic E-state index is -2.96. The predicted molar refractivity (Wildman–Crippen MR) is 49.4 cm³/mol. The van der Waals surface area contributed by atoms with Gasteiger partial charge in [0.25, 0.3) is 0 Å². The van der Waals surface area contributed by atoms with Crippen LogP contribution in [0.3, 0.4) is 0 Å². The SMILES string of the molecule is CCCS(=O)(=O)NCC1CC1C. The number of sulfonamides is 1. The fraction of sp³-hybridized carbons (Fsp3) is 1.00. The zero-order valence-corrected chi connectivity index (χ0v) is 8.52. The molecule has 0 radical (unpaired) electrons. The summed E-state index contributed by atoms with van der Waals surface area (Å²) in [6, 6.07) is 0. The molecule has 1 saturated carbocycles. The lowest BCUT2D eigenvalue weighted by Gasteiger charge is -2.03. The molecule has 2 atom stereocenters. The van der Waals surface area contributed by atoms with Crippen molar-refractivity contribution < 1.29 is 8.42 Å². The highest BCUT2D eigenvalue weighted by Gasteiger charge is 2.32. The molecule has 12 heavy (non-hydrogen) atoms. The van der Waals surface area contributed by atoms with Gasteiger partial charge >= 0.3 is 0 Å². The summed E-state index contributed by atoms with van der Waals surface area (Å²) in [4.78, 5) is 0. The molecule has 0 aromatic heterocycles. The van der Waals surface area contributed by atoms with Crippen LogP contribution in [0.2, 0.25) is 0 Å². The molecule has 0 spiro atoms. The summed E-state index contributed by atoms with van der Waals surface area (Å²) in [5.74, 6) is 1.57. The summed E-state index contributed by atoms with van der Waals surface area (Å²) in [5.41, 5.74) is 0. The van der Waals surface area contributed by atoms with E-state index < -0.39 is 10.0 Å². The van der Waals surface area contributed by atoms with Crippen LogP contribution in [0.1, 0.15) is 26.7 Å². The molecule has 1 aliphatic carbocycles. The van der Waals surface area contributed by atoms with Gasteiger partial charge in [0.15, 0.2) is 0 Å². The fourth-order valence-corrected chi connectivity index (χ4v) is 2.41. The number of rotatable bonds is 5. The Morgan fingerprint density at radius 2 is 2.08 bits per heavy atom. The van der Waals surface area contributed by atoms with Crippen LogP contribution in [-0.4, -0.2) is 20.7 Å². The maximum Gasteiger partial charge on any atom is 0.211 e. The van der Waals surface area contributed by atoms with Crippen molar-refractivity contribution >= 4 is 10.0 Å². The summed E-state index contributed by atoms with van der Waals surface area (Å²) in [7, 11) is -2.96. The molecule has 1 N–H and O–H groups in total. The van der Waals surface area contributed by atoms with Gasteiger partial charge in [-0.05, 0) is 24.7 Å². The largest absolute Gasteiger partial charge is 0.215 e. The maximum atomic E-state index is 11.2. The van der Waals surface area contributed by atoms with Crippen LogP contribution in [0.25, 0.3) is 0 Å². The molecule has 0 aromatic rings. The van der Waals surface area contributed by atoms with Gasteiger partial charge in [0.05, 0.1) is 5.75 Å². The molecule has 0 bridgehead atoms. The Kier molecular flexibility index (Phi) is 3.12. The van der Waals surface area contributed by atoms with E-state index in [4.69, 9.17) is 0 Å². The first-order valence-corrected chi connectivity index (χ1v) is 6.17. The normalized spacial score (nSPS) is 28.8. The second-order valence-corrected chi connectivity index (χ2v) is 5.57. The van der Waals surface area contributed by atoms with Gasteiger partial charge < -0.3 is 0 Å². The Hall–Kier alpha value is -0.0900. The summed E-state index contributed by atoms with van der Waals surface area (Å²) >= 11 is 0. The molecule has 3 nitrogen and oxygen atoms in total. The average Bonchev–Trinajstić information content (AvgIpc) is 2.63. The van der Waals surface area contributed by atoms with E-state index in [0.717, 1.165) is 0 Å². The van der Waals surface area contributed by atoms with E-state index in [1.165, 1.54) is 6.42 Å². The van der Waals surface area contributed by atoms with Crippen LogP contribution in [-0.2, 0) is 10.0 Å². The first-order chi connectivity index (χ1) is 5.55. The standard InChI is InChI=1S/C8H17NO2S/c1-3-4-12(10,11)9-6-8-5-7(8)2/h7-9H,3-6H2,1-2H3. The Morgan fingerprint density at radius 1 is 1.50 bits per heavy atom. The first-order valence-electron chi connectivity index (χ1n) is 4.52. The quantitative estimate of drug-likeness (QED) is 0.704. The Balaban J connectivity index is 2.21. The van der Waals surface area contributed by atoms with Gasteiger partial charge in [-0.25, -0.2) is 13.1 Å².